The topological polar surface area (TPSA) is 282 Å². The Morgan fingerprint density at radius 2 is 0.741 bits per heavy atom. The fourth-order valence-electron chi connectivity index (χ4n) is 7.17. The molecule has 2 aliphatic heterocycles. The number of nitrogens with zero attached hydrogens (tertiary/aromatic N) is 2. The molecular weight excluding hydrogens is 712 g/mol. The lowest BCUT2D eigenvalue weighted by molar-refractivity contribution is -0.147. The predicted molar refractivity (Wildman–Crippen MR) is 182 cm³/mol. The molecule has 6 amide bonds. The molecule has 0 aliphatic carbocycles. The van der Waals surface area contributed by atoms with Crippen LogP contribution in [0, 0.1) is 0 Å². The summed E-state index contributed by atoms with van der Waals surface area (Å²) in [6.07, 6.45) is -1.87. The lowest BCUT2D eigenvalue weighted by atomic mass is 9.82. The first-order valence-corrected chi connectivity index (χ1v) is 16.0. The molecule has 0 aromatic heterocycles. The van der Waals surface area contributed by atoms with Gasteiger partial charge < -0.3 is 31.1 Å². The van der Waals surface area contributed by atoms with Crippen molar-refractivity contribution in [2.45, 2.75) is 24.9 Å². The van der Waals surface area contributed by atoms with E-state index in [1.54, 1.807) is 24.3 Å². The van der Waals surface area contributed by atoms with Crippen LogP contribution < -0.4 is 10.6 Å². The minimum atomic E-state index is -1.80. The van der Waals surface area contributed by atoms with Crippen LogP contribution >= 0.6 is 0 Å². The molecule has 2 aliphatic rings. The second-order valence-electron chi connectivity index (χ2n) is 12.6. The Hall–Kier alpha value is -7.50. The lowest BCUT2D eigenvalue weighted by Gasteiger charge is -2.30. The maximum atomic E-state index is 13.7. The first kappa shape index (κ1) is 34.9. The molecule has 5 aromatic rings. The van der Waals surface area contributed by atoms with Gasteiger partial charge in [-0.15, -0.1) is 0 Å². The molecule has 0 spiro atoms. The summed E-state index contributed by atoms with van der Waals surface area (Å²) in [5, 5.41) is 44.3. The molecular formula is C36H24N4O14. The summed E-state index contributed by atoms with van der Waals surface area (Å²) < 4.78 is 0. The molecule has 18 heteroatoms. The van der Waals surface area contributed by atoms with Crippen LogP contribution in [-0.2, 0) is 28.8 Å². The Bertz CT molecular complexity index is 2330. The quantitative estimate of drug-likeness (QED) is 0.0593. The highest BCUT2D eigenvalue weighted by Crippen LogP contribution is 2.46. The second kappa shape index (κ2) is 12.6. The summed E-state index contributed by atoms with van der Waals surface area (Å²) in [6.45, 7) is -1.77. The minimum absolute atomic E-state index is 0.0557. The average molecular weight is 737 g/mol. The van der Waals surface area contributed by atoms with Crippen LogP contribution in [0.3, 0.4) is 0 Å². The number of hydrogen-bond donors (Lipinski definition) is 6. The largest absolute Gasteiger partial charge is 0.481 e. The normalized spacial score (nSPS) is 14.9. The van der Waals surface area contributed by atoms with Gasteiger partial charge in [-0.2, -0.15) is 0 Å². The van der Waals surface area contributed by atoms with E-state index in [0.717, 1.165) is 0 Å². The zero-order valence-electron chi connectivity index (χ0n) is 27.4. The number of imide groups is 2. The van der Waals surface area contributed by atoms with Gasteiger partial charge in [-0.25, -0.2) is 9.59 Å². The first-order valence-electron chi connectivity index (χ1n) is 16.0. The van der Waals surface area contributed by atoms with Crippen molar-refractivity contribution in [2.75, 3.05) is 13.1 Å². The number of carbonyl (C=O) groups is 10. The summed E-state index contributed by atoms with van der Waals surface area (Å²) in [5.41, 5.74) is 0.223. The number of carboxylic acids is 4. The zero-order valence-corrected chi connectivity index (χ0v) is 27.4. The Balaban J connectivity index is 1.27. The number of hydrogen-bond acceptors (Lipinski definition) is 10. The van der Waals surface area contributed by atoms with Gasteiger partial charge in [-0.1, -0.05) is 24.3 Å². The highest BCUT2D eigenvalue weighted by molar-refractivity contribution is 6.41. The molecule has 0 saturated carbocycles. The van der Waals surface area contributed by atoms with Crippen LogP contribution in [0.1, 0.15) is 54.3 Å². The molecule has 5 aromatic carbocycles. The molecule has 2 heterocycles. The van der Waals surface area contributed by atoms with E-state index in [1.165, 1.54) is 24.3 Å². The van der Waals surface area contributed by atoms with E-state index < -0.39 is 97.3 Å². The van der Waals surface area contributed by atoms with E-state index in [2.05, 4.69) is 0 Å². The van der Waals surface area contributed by atoms with Crippen LogP contribution in [0.5, 0.6) is 0 Å². The standard InChI is InChI=1S/C36H24N4O14/c41-23(37-21(35(51)52)9-25(43)44)11-39-31(47)17-5-1-13-14-2-6-19-30-20(8-4-16(28(14)30)15-3-7-18(32(39)48)29(17)27(13)15)34(50)40(33(19)49)12-24(42)38-22(36(53)54)10-26(45)46/h1-8,21-22H,9-12H2,(H,37,41)(H,38,42)(H,43,44)(H,45,46)(H,51,52)(H,53,54)/t21-,22-/m0/s1. The predicted octanol–water partition coefficient (Wildman–Crippen LogP) is 1.02. The molecule has 0 bridgehead atoms. The molecule has 0 fully saturated rings. The van der Waals surface area contributed by atoms with E-state index in [9.17, 15) is 58.2 Å². The van der Waals surface area contributed by atoms with Crippen LogP contribution in [0.4, 0.5) is 0 Å². The van der Waals surface area contributed by atoms with Crippen molar-refractivity contribution in [1.82, 2.24) is 20.4 Å². The maximum Gasteiger partial charge on any atom is 0.326 e. The number of carboxylic acid groups (broad SMARTS) is 4. The second-order valence-corrected chi connectivity index (χ2v) is 12.6. The Morgan fingerprint density at radius 3 is 0.981 bits per heavy atom. The summed E-state index contributed by atoms with van der Waals surface area (Å²) in [4.78, 5) is 127. The van der Waals surface area contributed by atoms with E-state index in [4.69, 9.17) is 10.2 Å². The number of benzene rings is 5. The first-order chi connectivity index (χ1) is 25.6. The summed E-state index contributed by atoms with van der Waals surface area (Å²) in [7, 11) is 0. The van der Waals surface area contributed by atoms with Crippen LogP contribution in [-0.4, -0.2) is 115 Å². The minimum Gasteiger partial charge on any atom is -0.481 e. The van der Waals surface area contributed by atoms with Gasteiger partial charge >= 0.3 is 23.9 Å². The smallest absolute Gasteiger partial charge is 0.326 e. The molecule has 0 saturated heterocycles. The molecule has 6 N–H and O–H groups in total. The Labute approximate surface area is 299 Å². The third kappa shape index (κ3) is 5.43. The van der Waals surface area contributed by atoms with Crippen molar-refractivity contribution in [2.24, 2.45) is 0 Å². The van der Waals surface area contributed by atoms with Gasteiger partial charge in [0, 0.05) is 33.0 Å². The monoisotopic (exact) mass is 736 g/mol. The number of rotatable bonds is 12. The SMILES string of the molecule is O=C(O)C[C@H](NC(=O)CN1C(=O)c2ccc3c4ccc5c6c(ccc(c7ccc(c2c37)C1=O)c64)C(=O)N(CC(=O)N[C@@H](CC(=O)O)C(=O)O)C5=O)C(=O)O. The van der Waals surface area contributed by atoms with Crippen molar-refractivity contribution in [3.8, 4) is 0 Å². The Kier molecular flexibility index (Phi) is 8.16. The number of carbonyl (C=O) groups excluding carboxylic acids is 6. The van der Waals surface area contributed by atoms with Gasteiger partial charge in [0.2, 0.25) is 11.8 Å². The molecule has 272 valence electrons. The van der Waals surface area contributed by atoms with Crippen LogP contribution in [0.25, 0.3) is 43.1 Å². The van der Waals surface area contributed by atoms with Gasteiger partial charge in [0.15, 0.2) is 0 Å². The number of fused-ring (bicyclic) bond motifs is 2. The van der Waals surface area contributed by atoms with Gasteiger partial charge in [-0.05, 0) is 56.6 Å². The van der Waals surface area contributed by atoms with Crippen LogP contribution in [0.15, 0.2) is 48.5 Å². The third-order valence-electron chi connectivity index (χ3n) is 9.43. The number of amides is 6. The Morgan fingerprint density at radius 1 is 0.463 bits per heavy atom. The van der Waals surface area contributed by atoms with Crippen LogP contribution in [0.2, 0.25) is 0 Å². The van der Waals surface area contributed by atoms with Crippen molar-refractivity contribution >= 4 is 102 Å². The zero-order chi connectivity index (χ0) is 38.9. The van der Waals surface area contributed by atoms with Gasteiger partial charge in [-0.3, -0.25) is 48.2 Å². The number of nitrogens with one attached hydrogen (secondary N) is 2. The highest BCUT2D eigenvalue weighted by Gasteiger charge is 2.39. The third-order valence-corrected chi connectivity index (χ3v) is 9.43. The van der Waals surface area contributed by atoms with Gasteiger partial charge in [0.1, 0.15) is 25.2 Å². The molecule has 7 rings (SSSR count). The molecule has 2 atom stereocenters. The van der Waals surface area contributed by atoms with Crippen molar-refractivity contribution in [3.05, 3.63) is 70.8 Å². The van der Waals surface area contributed by atoms with E-state index >= 15 is 0 Å². The molecule has 0 radical (unpaired) electrons. The fourth-order valence-corrected chi connectivity index (χ4v) is 7.17. The van der Waals surface area contributed by atoms with Crippen molar-refractivity contribution in [3.63, 3.8) is 0 Å². The fraction of sp³-hybridized carbons (Fsp3) is 0.167. The molecule has 54 heavy (non-hydrogen) atoms. The van der Waals surface area contributed by atoms with Crippen molar-refractivity contribution in [1.29, 1.82) is 0 Å². The molecule has 0 unspecified atom stereocenters. The maximum absolute atomic E-state index is 13.7. The van der Waals surface area contributed by atoms with Gasteiger partial charge in [0.25, 0.3) is 23.6 Å². The van der Waals surface area contributed by atoms with E-state index in [-0.39, 0.29) is 33.0 Å². The highest BCUT2D eigenvalue weighted by atomic mass is 16.4. The number of aliphatic carboxylic acids is 4. The summed E-state index contributed by atoms with van der Waals surface area (Å²) >= 11 is 0. The van der Waals surface area contributed by atoms with Gasteiger partial charge in [0.05, 0.1) is 12.8 Å². The summed E-state index contributed by atoms with van der Waals surface area (Å²) in [6, 6.07) is 8.61. The van der Waals surface area contributed by atoms with E-state index in [0.29, 0.717) is 42.1 Å². The lowest BCUT2D eigenvalue weighted by Crippen LogP contribution is -2.50. The average Bonchev–Trinajstić information content (AvgIpc) is 3.11. The van der Waals surface area contributed by atoms with Crippen molar-refractivity contribution < 1.29 is 68.4 Å². The molecule has 18 nitrogen and oxygen atoms in total. The van der Waals surface area contributed by atoms with E-state index in [1.807, 2.05) is 10.6 Å². The summed E-state index contributed by atoms with van der Waals surface area (Å²) in [5.74, 6) is -11.8.